The summed E-state index contributed by atoms with van der Waals surface area (Å²) in [6, 6.07) is 5.55. The van der Waals surface area contributed by atoms with E-state index in [-0.39, 0.29) is 37.6 Å². The SMILES string of the molecule is CC(C)(C)OC(=O)NC[C@H](NC(=O)OC(C)(C)C)C(=O)N1CCCN(S(=O)(=O)c2cccc3cnccc23)CC1. The first-order valence-electron chi connectivity index (χ1n) is 13.1. The van der Waals surface area contributed by atoms with Gasteiger partial charge in [-0.15, -0.1) is 0 Å². The molecule has 1 saturated heterocycles. The molecule has 1 aromatic heterocycles. The van der Waals surface area contributed by atoms with Crippen molar-refractivity contribution in [3.05, 3.63) is 36.7 Å². The van der Waals surface area contributed by atoms with Gasteiger partial charge in [-0.3, -0.25) is 9.78 Å². The standard InChI is InChI=1S/C27H39N5O7S/c1-26(2,3)38-24(34)29-18-21(30-25(35)39-27(4,5)6)23(33)31-13-8-14-32(16-15-31)40(36,37)22-10-7-9-19-17-28-12-11-20(19)22/h7,9-12,17,21H,8,13-16,18H2,1-6H3,(H,29,34)(H,30,35)/t21-/m0/s1. The second-order valence-electron chi connectivity index (χ2n) is 11.5. The lowest BCUT2D eigenvalue weighted by Crippen LogP contribution is -2.55. The molecule has 2 N–H and O–H groups in total. The lowest BCUT2D eigenvalue weighted by Gasteiger charge is -2.28. The maximum atomic E-state index is 13.6. The van der Waals surface area contributed by atoms with Gasteiger partial charge in [0.2, 0.25) is 15.9 Å². The van der Waals surface area contributed by atoms with Gasteiger partial charge in [-0.2, -0.15) is 4.31 Å². The molecule has 13 heteroatoms. The molecule has 1 aliphatic heterocycles. The van der Waals surface area contributed by atoms with Gasteiger partial charge in [-0.25, -0.2) is 18.0 Å². The number of pyridine rings is 1. The largest absolute Gasteiger partial charge is 0.444 e. The Morgan fingerprint density at radius 2 is 1.62 bits per heavy atom. The highest BCUT2D eigenvalue weighted by Gasteiger charge is 2.33. The zero-order valence-corrected chi connectivity index (χ0v) is 24.7. The fourth-order valence-corrected chi connectivity index (χ4v) is 5.87. The van der Waals surface area contributed by atoms with Gasteiger partial charge < -0.3 is 25.0 Å². The Labute approximate surface area is 235 Å². The number of rotatable bonds is 6. The topological polar surface area (TPSA) is 147 Å². The number of benzene rings is 1. The minimum absolute atomic E-state index is 0.0637. The van der Waals surface area contributed by atoms with E-state index in [0.717, 1.165) is 0 Å². The lowest BCUT2D eigenvalue weighted by molar-refractivity contribution is -0.133. The van der Waals surface area contributed by atoms with Crippen molar-refractivity contribution in [1.82, 2.24) is 24.8 Å². The van der Waals surface area contributed by atoms with Crippen LogP contribution < -0.4 is 10.6 Å². The summed E-state index contributed by atoms with van der Waals surface area (Å²) in [6.07, 6.45) is 1.99. The van der Waals surface area contributed by atoms with Gasteiger partial charge in [-0.05, 0) is 60.1 Å². The Kier molecular flexibility index (Phi) is 9.62. The average molecular weight is 578 g/mol. The highest BCUT2D eigenvalue weighted by molar-refractivity contribution is 7.89. The molecule has 3 amide bonds. The van der Waals surface area contributed by atoms with Crippen LogP contribution in [0.5, 0.6) is 0 Å². The average Bonchev–Trinajstić information content (AvgIpc) is 3.10. The number of hydrogen-bond donors (Lipinski definition) is 2. The highest BCUT2D eigenvalue weighted by Crippen LogP contribution is 2.26. The zero-order chi connectivity index (χ0) is 29.7. The molecule has 0 radical (unpaired) electrons. The summed E-state index contributed by atoms with van der Waals surface area (Å²) in [5, 5.41) is 6.35. The first kappa shape index (κ1) is 31.1. The van der Waals surface area contributed by atoms with Gasteiger partial charge in [0.05, 0.1) is 11.4 Å². The molecule has 12 nitrogen and oxygen atoms in total. The fraction of sp³-hybridized carbons (Fsp3) is 0.556. The van der Waals surface area contributed by atoms with Crippen LogP contribution in [0.15, 0.2) is 41.6 Å². The van der Waals surface area contributed by atoms with E-state index in [4.69, 9.17) is 9.47 Å². The Morgan fingerprint density at radius 1 is 0.950 bits per heavy atom. The van der Waals surface area contributed by atoms with Crippen LogP contribution in [0.1, 0.15) is 48.0 Å². The van der Waals surface area contributed by atoms with Crippen molar-refractivity contribution in [2.75, 3.05) is 32.7 Å². The van der Waals surface area contributed by atoms with Crippen LogP contribution in [0.3, 0.4) is 0 Å². The van der Waals surface area contributed by atoms with Gasteiger partial charge >= 0.3 is 12.2 Å². The maximum absolute atomic E-state index is 13.6. The van der Waals surface area contributed by atoms with Crippen LogP contribution in [-0.2, 0) is 24.3 Å². The highest BCUT2D eigenvalue weighted by atomic mass is 32.2. The molecule has 2 heterocycles. The minimum Gasteiger partial charge on any atom is -0.444 e. The minimum atomic E-state index is -3.86. The summed E-state index contributed by atoms with van der Waals surface area (Å²) in [5.74, 6) is -0.475. The Balaban J connectivity index is 1.75. The number of carbonyl (C=O) groups is 3. The van der Waals surface area contributed by atoms with Crippen LogP contribution in [0.2, 0.25) is 0 Å². The molecule has 0 bridgehead atoms. The van der Waals surface area contributed by atoms with Gasteiger partial charge in [-0.1, -0.05) is 12.1 Å². The second kappa shape index (κ2) is 12.4. The van der Waals surface area contributed by atoms with E-state index < -0.39 is 45.4 Å². The molecule has 0 unspecified atom stereocenters. The smallest absolute Gasteiger partial charge is 0.408 e. The van der Waals surface area contributed by atoms with E-state index in [1.807, 2.05) is 0 Å². The Hall–Kier alpha value is -3.45. The fourth-order valence-electron chi connectivity index (χ4n) is 4.18. The predicted octanol–water partition coefficient (Wildman–Crippen LogP) is 2.88. The molecule has 3 rings (SSSR count). The van der Waals surface area contributed by atoms with Crippen LogP contribution >= 0.6 is 0 Å². The Bertz CT molecular complexity index is 1330. The molecule has 0 saturated carbocycles. The third-order valence-electron chi connectivity index (χ3n) is 5.86. The number of alkyl carbamates (subject to hydrolysis) is 2. The summed E-state index contributed by atoms with van der Waals surface area (Å²) in [4.78, 5) is 44.0. The molecule has 0 spiro atoms. The van der Waals surface area contributed by atoms with E-state index in [1.54, 1.807) is 78.2 Å². The van der Waals surface area contributed by atoms with E-state index in [2.05, 4.69) is 15.6 Å². The molecular weight excluding hydrogens is 538 g/mol. The van der Waals surface area contributed by atoms with Crippen molar-refractivity contribution in [2.24, 2.45) is 0 Å². The number of hydrogen-bond acceptors (Lipinski definition) is 8. The number of ether oxygens (including phenoxy) is 2. The van der Waals surface area contributed by atoms with Crippen LogP contribution in [-0.4, -0.2) is 90.7 Å². The molecule has 40 heavy (non-hydrogen) atoms. The number of nitrogens with one attached hydrogen (secondary N) is 2. The van der Waals surface area contributed by atoms with Crippen LogP contribution in [0, 0.1) is 0 Å². The molecule has 1 aromatic carbocycles. The van der Waals surface area contributed by atoms with E-state index in [9.17, 15) is 22.8 Å². The molecule has 220 valence electrons. The zero-order valence-electron chi connectivity index (χ0n) is 23.9. The molecule has 0 aliphatic carbocycles. The van der Waals surface area contributed by atoms with Gasteiger partial charge in [0.15, 0.2) is 0 Å². The van der Waals surface area contributed by atoms with Crippen molar-refractivity contribution < 1.29 is 32.3 Å². The first-order chi connectivity index (χ1) is 18.6. The normalized spacial score (nSPS) is 16.1. The third-order valence-corrected chi connectivity index (χ3v) is 7.82. The number of aromatic nitrogens is 1. The van der Waals surface area contributed by atoms with E-state index in [0.29, 0.717) is 17.2 Å². The van der Waals surface area contributed by atoms with Crippen molar-refractivity contribution >= 4 is 38.9 Å². The van der Waals surface area contributed by atoms with Crippen LogP contribution in [0.4, 0.5) is 9.59 Å². The summed E-state index contributed by atoms with van der Waals surface area (Å²) in [7, 11) is -3.86. The maximum Gasteiger partial charge on any atom is 0.408 e. The molecule has 2 aromatic rings. The summed E-state index contributed by atoms with van der Waals surface area (Å²) < 4.78 is 39.1. The summed E-state index contributed by atoms with van der Waals surface area (Å²) >= 11 is 0. The van der Waals surface area contributed by atoms with Crippen LogP contribution in [0.25, 0.3) is 10.8 Å². The van der Waals surface area contributed by atoms with Crippen molar-refractivity contribution in [3.8, 4) is 0 Å². The Morgan fingerprint density at radius 3 is 2.30 bits per heavy atom. The predicted molar refractivity (Wildman–Crippen MR) is 149 cm³/mol. The summed E-state index contributed by atoms with van der Waals surface area (Å²) in [6.45, 7) is 10.6. The van der Waals surface area contributed by atoms with Crippen molar-refractivity contribution in [2.45, 2.75) is 70.1 Å². The van der Waals surface area contributed by atoms with Gasteiger partial charge in [0, 0.05) is 49.3 Å². The number of nitrogens with zero attached hydrogens (tertiary/aromatic N) is 3. The number of amides is 3. The monoisotopic (exact) mass is 577 g/mol. The molecule has 1 fully saturated rings. The quantitative estimate of drug-likeness (QED) is 0.533. The molecule has 1 atom stereocenters. The molecule has 1 aliphatic rings. The second-order valence-corrected chi connectivity index (χ2v) is 13.4. The van der Waals surface area contributed by atoms with Gasteiger partial charge in [0.25, 0.3) is 0 Å². The lowest BCUT2D eigenvalue weighted by atomic mass is 10.2. The first-order valence-corrected chi connectivity index (χ1v) is 14.6. The van der Waals surface area contributed by atoms with Gasteiger partial charge in [0.1, 0.15) is 17.2 Å². The van der Waals surface area contributed by atoms with E-state index in [1.165, 1.54) is 9.21 Å². The number of carbonyl (C=O) groups excluding carboxylic acids is 3. The summed E-state index contributed by atoms with van der Waals surface area (Å²) in [5.41, 5.74) is -1.55. The van der Waals surface area contributed by atoms with E-state index >= 15 is 0 Å². The van der Waals surface area contributed by atoms with Crippen molar-refractivity contribution in [1.29, 1.82) is 0 Å². The third kappa shape index (κ3) is 8.52. The number of sulfonamides is 1. The van der Waals surface area contributed by atoms with Crippen molar-refractivity contribution in [3.63, 3.8) is 0 Å². The molecular formula is C27H39N5O7S. The number of fused-ring (bicyclic) bond motifs is 1.